The fourth-order valence-electron chi connectivity index (χ4n) is 3.10. The second-order valence-electron chi connectivity index (χ2n) is 6.50. The third kappa shape index (κ3) is 4.41. The van der Waals surface area contributed by atoms with Crippen molar-refractivity contribution in [2.75, 3.05) is 44.7 Å². The quantitative estimate of drug-likeness (QED) is 0.676. The first-order chi connectivity index (χ1) is 13.8. The summed E-state index contributed by atoms with van der Waals surface area (Å²) >= 11 is 0. The number of rotatable bonds is 6. The highest BCUT2D eigenvalue weighted by Crippen LogP contribution is 2.23. The molecule has 28 heavy (non-hydrogen) atoms. The van der Waals surface area contributed by atoms with Gasteiger partial charge in [-0.25, -0.2) is 9.97 Å². The lowest BCUT2D eigenvalue weighted by molar-refractivity contribution is 0.0383. The van der Waals surface area contributed by atoms with Gasteiger partial charge < -0.3 is 15.4 Å². The van der Waals surface area contributed by atoms with Crippen molar-refractivity contribution >= 4 is 28.3 Å². The number of carbonyl (C=O) groups excluding carboxylic acids is 1. The van der Waals surface area contributed by atoms with Gasteiger partial charge in [0.05, 0.1) is 36.8 Å². The summed E-state index contributed by atoms with van der Waals surface area (Å²) in [6.07, 6.45) is 4.78. The first-order valence-electron chi connectivity index (χ1n) is 9.31. The number of amides is 1. The highest BCUT2D eigenvalue weighted by molar-refractivity contribution is 5.93. The minimum Gasteiger partial charge on any atom is -0.379 e. The normalized spacial score (nSPS) is 14.7. The lowest BCUT2D eigenvalue weighted by Crippen LogP contribution is -2.41. The van der Waals surface area contributed by atoms with Crippen molar-refractivity contribution in [3.8, 4) is 0 Å². The number of aromatic nitrogens is 3. The van der Waals surface area contributed by atoms with E-state index in [1.807, 2.05) is 30.3 Å². The van der Waals surface area contributed by atoms with E-state index >= 15 is 0 Å². The van der Waals surface area contributed by atoms with Crippen LogP contribution in [0.25, 0.3) is 10.9 Å². The number of hydrogen-bond acceptors (Lipinski definition) is 7. The molecule has 0 radical (unpaired) electrons. The van der Waals surface area contributed by atoms with Crippen LogP contribution in [0.3, 0.4) is 0 Å². The fraction of sp³-hybridized carbons (Fsp3) is 0.300. The maximum atomic E-state index is 12.2. The molecule has 1 aromatic carbocycles. The Kier molecular flexibility index (Phi) is 5.69. The van der Waals surface area contributed by atoms with Crippen LogP contribution in [0.5, 0.6) is 0 Å². The zero-order valence-electron chi connectivity index (χ0n) is 15.5. The van der Waals surface area contributed by atoms with Crippen LogP contribution in [0.2, 0.25) is 0 Å². The van der Waals surface area contributed by atoms with E-state index in [-0.39, 0.29) is 5.91 Å². The van der Waals surface area contributed by atoms with Crippen molar-refractivity contribution in [1.82, 2.24) is 25.2 Å². The van der Waals surface area contributed by atoms with Crippen molar-refractivity contribution in [3.05, 3.63) is 54.6 Å². The molecule has 0 saturated carbocycles. The molecule has 1 amide bonds. The van der Waals surface area contributed by atoms with Crippen LogP contribution in [0.1, 0.15) is 10.5 Å². The molecule has 0 unspecified atom stereocenters. The zero-order valence-corrected chi connectivity index (χ0v) is 15.5. The Morgan fingerprint density at radius 1 is 1.07 bits per heavy atom. The molecule has 4 rings (SSSR count). The highest BCUT2D eigenvalue weighted by atomic mass is 16.5. The molecule has 1 aliphatic heterocycles. The van der Waals surface area contributed by atoms with E-state index in [1.54, 1.807) is 12.4 Å². The van der Waals surface area contributed by atoms with E-state index in [0.29, 0.717) is 18.1 Å². The standard InChI is InChI=1S/C20H22N6O2/c27-20(22-7-8-26-9-11-28-12-10-26)17-13-24-18(14-23-17)25-16-5-1-3-15-4-2-6-21-19(15)16/h1-6,13-14H,7-12H2,(H,22,27)(H,24,25). The maximum absolute atomic E-state index is 12.2. The van der Waals surface area contributed by atoms with E-state index in [9.17, 15) is 4.79 Å². The topological polar surface area (TPSA) is 92.3 Å². The van der Waals surface area contributed by atoms with Crippen LogP contribution in [0.15, 0.2) is 48.9 Å². The Hall–Kier alpha value is -3.10. The van der Waals surface area contributed by atoms with E-state index in [1.165, 1.54) is 6.20 Å². The fourth-order valence-corrected chi connectivity index (χ4v) is 3.10. The Bertz CT molecular complexity index is 936. The molecule has 1 aliphatic rings. The predicted octanol–water partition coefficient (Wildman–Crippen LogP) is 1.83. The second kappa shape index (κ2) is 8.73. The molecule has 2 aromatic heterocycles. The van der Waals surface area contributed by atoms with Crippen molar-refractivity contribution < 1.29 is 9.53 Å². The van der Waals surface area contributed by atoms with Gasteiger partial charge in [0.2, 0.25) is 0 Å². The number of hydrogen-bond donors (Lipinski definition) is 2. The van der Waals surface area contributed by atoms with Gasteiger partial charge in [-0.1, -0.05) is 18.2 Å². The average molecular weight is 378 g/mol. The van der Waals surface area contributed by atoms with E-state index in [2.05, 4.69) is 30.5 Å². The summed E-state index contributed by atoms with van der Waals surface area (Å²) in [6.45, 7) is 4.68. The van der Waals surface area contributed by atoms with Gasteiger partial charge in [0.1, 0.15) is 11.5 Å². The molecule has 144 valence electrons. The summed E-state index contributed by atoms with van der Waals surface area (Å²) in [6, 6.07) is 9.80. The summed E-state index contributed by atoms with van der Waals surface area (Å²) in [5.74, 6) is 0.335. The summed E-state index contributed by atoms with van der Waals surface area (Å²) in [7, 11) is 0. The number of carbonyl (C=O) groups is 1. The van der Waals surface area contributed by atoms with Gasteiger partial charge in [0.15, 0.2) is 0 Å². The molecule has 8 heteroatoms. The molecular formula is C20H22N6O2. The minimum absolute atomic E-state index is 0.223. The zero-order chi connectivity index (χ0) is 19.2. The number of fused-ring (bicyclic) bond motifs is 1. The third-order valence-corrected chi connectivity index (χ3v) is 4.60. The number of benzene rings is 1. The summed E-state index contributed by atoms with van der Waals surface area (Å²) in [5.41, 5.74) is 2.00. The number of pyridine rings is 1. The summed E-state index contributed by atoms with van der Waals surface area (Å²) in [5, 5.41) is 7.14. The van der Waals surface area contributed by atoms with Crippen LogP contribution < -0.4 is 10.6 Å². The van der Waals surface area contributed by atoms with Gasteiger partial charge >= 0.3 is 0 Å². The molecule has 0 atom stereocenters. The van der Waals surface area contributed by atoms with E-state index < -0.39 is 0 Å². The van der Waals surface area contributed by atoms with Crippen LogP contribution in [-0.2, 0) is 4.74 Å². The molecule has 1 fully saturated rings. The second-order valence-corrected chi connectivity index (χ2v) is 6.50. The van der Waals surface area contributed by atoms with Gasteiger partial charge in [-0.3, -0.25) is 14.7 Å². The molecule has 3 heterocycles. The largest absolute Gasteiger partial charge is 0.379 e. The number of morpholine rings is 1. The number of nitrogens with zero attached hydrogens (tertiary/aromatic N) is 4. The lowest BCUT2D eigenvalue weighted by Gasteiger charge is -2.26. The average Bonchev–Trinajstić information content (AvgIpc) is 2.75. The Morgan fingerprint density at radius 2 is 1.93 bits per heavy atom. The van der Waals surface area contributed by atoms with Crippen LogP contribution >= 0.6 is 0 Å². The third-order valence-electron chi connectivity index (χ3n) is 4.60. The molecule has 0 aliphatic carbocycles. The number of ether oxygens (including phenoxy) is 1. The Balaban J connectivity index is 1.34. The monoisotopic (exact) mass is 378 g/mol. The smallest absolute Gasteiger partial charge is 0.271 e. The van der Waals surface area contributed by atoms with E-state index in [0.717, 1.165) is 49.4 Å². The van der Waals surface area contributed by atoms with Crippen molar-refractivity contribution in [1.29, 1.82) is 0 Å². The number of nitrogens with one attached hydrogen (secondary N) is 2. The Labute approximate surface area is 163 Å². The van der Waals surface area contributed by atoms with Gasteiger partial charge in [-0.2, -0.15) is 0 Å². The van der Waals surface area contributed by atoms with Crippen LogP contribution in [0, 0.1) is 0 Å². The molecule has 1 saturated heterocycles. The predicted molar refractivity (Wildman–Crippen MR) is 107 cm³/mol. The minimum atomic E-state index is -0.223. The molecule has 0 bridgehead atoms. The molecular weight excluding hydrogens is 356 g/mol. The summed E-state index contributed by atoms with van der Waals surface area (Å²) < 4.78 is 5.32. The van der Waals surface area contributed by atoms with Gasteiger partial charge in [0.25, 0.3) is 5.91 Å². The highest BCUT2D eigenvalue weighted by Gasteiger charge is 2.12. The van der Waals surface area contributed by atoms with Crippen molar-refractivity contribution in [2.45, 2.75) is 0 Å². The van der Waals surface area contributed by atoms with Gasteiger partial charge in [-0.05, 0) is 12.1 Å². The van der Waals surface area contributed by atoms with Crippen molar-refractivity contribution in [2.24, 2.45) is 0 Å². The van der Waals surface area contributed by atoms with Crippen LogP contribution in [-0.4, -0.2) is 65.2 Å². The first-order valence-corrected chi connectivity index (χ1v) is 9.31. The van der Waals surface area contributed by atoms with Gasteiger partial charge in [0, 0.05) is 37.8 Å². The number of para-hydroxylation sites is 1. The molecule has 0 spiro atoms. The summed E-state index contributed by atoms with van der Waals surface area (Å²) in [4.78, 5) is 27.5. The Morgan fingerprint density at radius 3 is 2.75 bits per heavy atom. The first kappa shape index (κ1) is 18.3. The molecule has 2 N–H and O–H groups in total. The maximum Gasteiger partial charge on any atom is 0.271 e. The molecule has 3 aromatic rings. The number of anilines is 2. The van der Waals surface area contributed by atoms with Crippen LogP contribution in [0.4, 0.5) is 11.5 Å². The van der Waals surface area contributed by atoms with E-state index in [4.69, 9.17) is 4.74 Å². The SMILES string of the molecule is O=C(NCCN1CCOCC1)c1cnc(Nc2cccc3cccnc23)cn1. The lowest BCUT2D eigenvalue weighted by atomic mass is 10.2. The van der Waals surface area contributed by atoms with Gasteiger partial charge in [-0.15, -0.1) is 0 Å². The van der Waals surface area contributed by atoms with Crippen molar-refractivity contribution in [3.63, 3.8) is 0 Å². The molecule has 8 nitrogen and oxygen atoms in total.